The quantitative estimate of drug-likeness (QED) is 0.609. The van der Waals surface area contributed by atoms with Gasteiger partial charge in [-0.1, -0.05) is 13.0 Å². The zero-order valence-electron chi connectivity index (χ0n) is 14.0. The highest BCUT2D eigenvalue weighted by Gasteiger charge is 2.35. The van der Waals surface area contributed by atoms with Gasteiger partial charge in [-0.05, 0) is 29.7 Å². The lowest BCUT2D eigenvalue weighted by atomic mass is 9.99. The van der Waals surface area contributed by atoms with Crippen LogP contribution in [0.25, 0.3) is 0 Å². The van der Waals surface area contributed by atoms with Crippen LogP contribution in [0, 0.1) is 0 Å². The number of hydrogen-bond donors (Lipinski definition) is 2. The molecule has 1 amide bonds. The topological polar surface area (TPSA) is 88.1 Å². The van der Waals surface area contributed by atoms with Crippen molar-refractivity contribution < 1.29 is 14.6 Å². The van der Waals surface area contributed by atoms with Crippen molar-refractivity contribution in [1.29, 1.82) is 0 Å². The summed E-state index contributed by atoms with van der Waals surface area (Å²) < 4.78 is 5.09. The Morgan fingerprint density at radius 3 is 2.87 bits per heavy atom. The molecule has 0 radical (unpaired) electrons. The fourth-order valence-electron chi connectivity index (χ4n) is 2.96. The van der Waals surface area contributed by atoms with Crippen molar-refractivity contribution in [3.63, 3.8) is 0 Å². The average molecular weight is 319 g/mol. The maximum absolute atomic E-state index is 11.6. The van der Waals surface area contributed by atoms with Gasteiger partial charge in [0.05, 0.1) is 24.3 Å². The van der Waals surface area contributed by atoms with Crippen molar-refractivity contribution in [2.45, 2.75) is 31.8 Å². The number of amidine groups is 1. The Hall–Kier alpha value is -1.92. The molecule has 2 rings (SSSR count). The standard InChI is InChI=1S/C17H25N3O3/c1-4-15(20(2)7-8-23-3)19-12-6-5-11-9-14(21)16(17(18)22)13(11)10-12/h5-6,10,14,16,21H,4,7-9H2,1-3H3,(H2,18,22)/t14-,16-/m1/s1. The summed E-state index contributed by atoms with van der Waals surface area (Å²) in [6.07, 6.45) is 0.511. The third kappa shape index (κ3) is 3.89. The highest BCUT2D eigenvalue weighted by atomic mass is 16.5. The minimum absolute atomic E-state index is 0.460. The highest BCUT2D eigenvalue weighted by molar-refractivity contribution is 5.86. The van der Waals surface area contributed by atoms with Gasteiger partial charge in [-0.25, -0.2) is 4.99 Å². The Morgan fingerprint density at radius 1 is 1.52 bits per heavy atom. The molecule has 0 spiro atoms. The number of aliphatic hydroxyl groups excluding tert-OH is 1. The van der Waals surface area contributed by atoms with Gasteiger partial charge in [0.2, 0.25) is 5.91 Å². The maximum Gasteiger partial charge on any atom is 0.227 e. The molecule has 1 aliphatic carbocycles. The van der Waals surface area contributed by atoms with Crippen LogP contribution < -0.4 is 5.73 Å². The molecule has 0 saturated carbocycles. The molecule has 0 bridgehead atoms. The predicted octanol–water partition coefficient (Wildman–Crippen LogP) is 1.19. The SMILES string of the molecule is CCC(=Nc1ccc2c(c1)[C@@H](C(N)=O)[C@H](O)C2)N(C)CCOC. The molecule has 1 aromatic carbocycles. The average Bonchev–Trinajstić information content (AvgIpc) is 2.85. The molecule has 0 fully saturated rings. The lowest BCUT2D eigenvalue weighted by Gasteiger charge is -2.20. The Morgan fingerprint density at radius 2 is 2.26 bits per heavy atom. The smallest absolute Gasteiger partial charge is 0.227 e. The minimum Gasteiger partial charge on any atom is -0.392 e. The number of aliphatic imine (C=N–C) groups is 1. The maximum atomic E-state index is 11.6. The third-order valence-electron chi connectivity index (χ3n) is 4.23. The first-order valence-corrected chi connectivity index (χ1v) is 7.85. The van der Waals surface area contributed by atoms with Gasteiger partial charge in [0.25, 0.3) is 0 Å². The summed E-state index contributed by atoms with van der Waals surface area (Å²) in [5.74, 6) is -0.196. The number of benzene rings is 1. The number of carbonyl (C=O) groups excluding carboxylic acids is 1. The van der Waals surface area contributed by atoms with Crippen LogP contribution in [0.15, 0.2) is 23.2 Å². The van der Waals surface area contributed by atoms with Gasteiger partial charge in [-0.3, -0.25) is 4.79 Å². The normalized spacial score (nSPS) is 20.4. The van der Waals surface area contributed by atoms with Crippen molar-refractivity contribution >= 4 is 17.4 Å². The number of primary amides is 1. The van der Waals surface area contributed by atoms with E-state index in [-0.39, 0.29) is 0 Å². The van der Waals surface area contributed by atoms with Crippen molar-refractivity contribution in [2.24, 2.45) is 10.7 Å². The van der Waals surface area contributed by atoms with Gasteiger partial charge >= 0.3 is 0 Å². The van der Waals surface area contributed by atoms with E-state index >= 15 is 0 Å². The molecule has 0 saturated heterocycles. The largest absolute Gasteiger partial charge is 0.392 e. The van der Waals surface area contributed by atoms with E-state index in [1.807, 2.05) is 32.2 Å². The number of hydrogen-bond acceptors (Lipinski definition) is 4. The number of nitrogens with zero attached hydrogens (tertiary/aromatic N) is 2. The molecule has 1 aromatic rings. The van der Waals surface area contributed by atoms with Crippen molar-refractivity contribution in [1.82, 2.24) is 4.90 Å². The second-order valence-corrected chi connectivity index (χ2v) is 5.83. The van der Waals surface area contributed by atoms with Crippen LogP contribution in [0.3, 0.4) is 0 Å². The molecule has 23 heavy (non-hydrogen) atoms. The molecule has 6 heteroatoms. The molecular formula is C17H25N3O3. The molecule has 0 unspecified atom stereocenters. The van der Waals surface area contributed by atoms with E-state index in [1.165, 1.54) is 0 Å². The van der Waals surface area contributed by atoms with E-state index in [0.29, 0.717) is 13.0 Å². The fourth-order valence-corrected chi connectivity index (χ4v) is 2.96. The van der Waals surface area contributed by atoms with Gasteiger partial charge in [0, 0.05) is 27.1 Å². The Bertz CT molecular complexity index is 601. The van der Waals surface area contributed by atoms with Gasteiger partial charge in [-0.2, -0.15) is 0 Å². The summed E-state index contributed by atoms with van der Waals surface area (Å²) in [7, 11) is 3.65. The second-order valence-electron chi connectivity index (χ2n) is 5.83. The van der Waals surface area contributed by atoms with E-state index in [4.69, 9.17) is 10.5 Å². The number of aliphatic hydroxyl groups is 1. The Labute approximate surface area is 137 Å². The van der Waals surface area contributed by atoms with Crippen LogP contribution in [-0.2, 0) is 16.0 Å². The monoisotopic (exact) mass is 319 g/mol. The number of nitrogens with two attached hydrogens (primary N) is 1. The van der Waals surface area contributed by atoms with Crippen LogP contribution in [0.4, 0.5) is 5.69 Å². The summed E-state index contributed by atoms with van der Waals surface area (Å²) in [6.45, 7) is 3.44. The fraction of sp³-hybridized carbons (Fsp3) is 0.529. The molecule has 1 aliphatic rings. The van der Waals surface area contributed by atoms with Crippen LogP contribution in [0.5, 0.6) is 0 Å². The van der Waals surface area contributed by atoms with Crippen molar-refractivity contribution in [3.05, 3.63) is 29.3 Å². The van der Waals surface area contributed by atoms with Gasteiger partial charge < -0.3 is 20.5 Å². The molecule has 126 valence electrons. The second kappa shape index (κ2) is 7.57. The number of carbonyl (C=O) groups is 1. The lowest BCUT2D eigenvalue weighted by molar-refractivity contribution is -0.121. The summed E-state index contributed by atoms with van der Waals surface area (Å²) in [6, 6.07) is 5.69. The van der Waals surface area contributed by atoms with E-state index in [1.54, 1.807) is 7.11 Å². The Kier molecular flexibility index (Phi) is 5.74. The summed E-state index contributed by atoms with van der Waals surface area (Å²) in [4.78, 5) is 18.3. The van der Waals surface area contributed by atoms with Gasteiger partial charge in [0.15, 0.2) is 0 Å². The van der Waals surface area contributed by atoms with E-state index in [2.05, 4.69) is 9.89 Å². The summed E-state index contributed by atoms with van der Waals surface area (Å²) in [5, 5.41) is 10.0. The number of amides is 1. The first kappa shape index (κ1) is 17.4. The number of likely N-dealkylation sites (N-methyl/N-ethyl adjacent to an activating group) is 1. The molecule has 0 aromatic heterocycles. The summed E-state index contributed by atoms with van der Waals surface area (Å²) >= 11 is 0. The molecule has 3 N–H and O–H groups in total. The van der Waals surface area contributed by atoms with Crippen molar-refractivity contribution in [2.75, 3.05) is 27.3 Å². The van der Waals surface area contributed by atoms with E-state index in [0.717, 1.165) is 35.6 Å². The number of rotatable bonds is 6. The lowest BCUT2D eigenvalue weighted by Crippen LogP contribution is -2.29. The molecular weight excluding hydrogens is 294 g/mol. The van der Waals surface area contributed by atoms with Crippen molar-refractivity contribution in [3.8, 4) is 0 Å². The van der Waals surface area contributed by atoms with E-state index < -0.39 is 17.9 Å². The first-order chi connectivity index (χ1) is 11.0. The molecule has 0 heterocycles. The Balaban J connectivity index is 2.28. The van der Waals surface area contributed by atoms with Crippen LogP contribution in [0.1, 0.15) is 30.4 Å². The molecule has 2 atom stereocenters. The minimum atomic E-state index is -0.739. The van der Waals surface area contributed by atoms with Crippen LogP contribution >= 0.6 is 0 Å². The van der Waals surface area contributed by atoms with E-state index in [9.17, 15) is 9.90 Å². The van der Waals surface area contributed by atoms with Crippen LogP contribution in [0.2, 0.25) is 0 Å². The number of fused-ring (bicyclic) bond motifs is 1. The highest BCUT2D eigenvalue weighted by Crippen LogP contribution is 2.35. The zero-order valence-corrected chi connectivity index (χ0v) is 14.0. The molecule has 0 aliphatic heterocycles. The summed E-state index contributed by atoms with van der Waals surface area (Å²) in [5.41, 5.74) is 7.95. The zero-order chi connectivity index (χ0) is 17.0. The predicted molar refractivity (Wildman–Crippen MR) is 90.0 cm³/mol. The molecule has 6 nitrogen and oxygen atoms in total. The number of ether oxygens (including phenoxy) is 1. The third-order valence-corrected chi connectivity index (χ3v) is 4.23. The van der Waals surface area contributed by atoms with Crippen LogP contribution in [-0.4, -0.2) is 55.2 Å². The van der Waals surface area contributed by atoms with Gasteiger partial charge in [0.1, 0.15) is 5.84 Å². The van der Waals surface area contributed by atoms with Gasteiger partial charge in [-0.15, -0.1) is 0 Å². The number of methoxy groups -OCH3 is 1. The first-order valence-electron chi connectivity index (χ1n) is 7.85.